The molecule has 25 heavy (non-hydrogen) atoms. The van der Waals surface area contributed by atoms with Gasteiger partial charge in [-0.1, -0.05) is 12.1 Å². The number of anilines is 1. The normalized spacial score (nSPS) is 10.6. The summed E-state index contributed by atoms with van der Waals surface area (Å²) in [4.78, 5) is 10.7. The van der Waals surface area contributed by atoms with Crippen LogP contribution in [0.5, 0.6) is 5.75 Å². The summed E-state index contributed by atoms with van der Waals surface area (Å²) in [5.41, 5.74) is 4.34. The number of aryl methyl sites for hydroxylation is 2. The largest absolute Gasteiger partial charge is 0.487 e. The molecule has 0 heterocycles. The van der Waals surface area contributed by atoms with Gasteiger partial charge in [-0.05, 0) is 87.0 Å². The summed E-state index contributed by atoms with van der Waals surface area (Å²) < 4.78 is 7.58. The minimum absolute atomic E-state index is 0.107. The molecule has 0 saturated heterocycles. The van der Waals surface area contributed by atoms with E-state index >= 15 is 0 Å². The standard InChI is InChI=1S/C19H21Br2NO3/c1-3-22-17-10-14(5-4-12(17)2)11-25-19-15(20)8-13(9-16(19)21)6-7-18(23)24/h4-5,8-10,22H,3,6-7,11H2,1-2H3,(H,23,24). The Morgan fingerprint density at radius 3 is 2.44 bits per heavy atom. The fourth-order valence-corrected chi connectivity index (χ4v) is 3.95. The highest BCUT2D eigenvalue weighted by atomic mass is 79.9. The van der Waals surface area contributed by atoms with E-state index in [0.29, 0.717) is 18.8 Å². The van der Waals surface area contributed by atoms with Crippen LogP contribution in [0.2, 0.25) is 0 Å². The zero-order valence-electron chi connectivity index (χ0n) is 14.2. The van der Waals surface area contributed by atoms with E-state index in [4.69, 9.17) is 9.84 Å². The Morgan fingerprint density at radius 1 is 1.16 bits per heavy atom. The maximum atomic E-state index is 10.7. The number of aliphatic carboxylic acids is 1. The minimum atomic E-state index is -0.802. The molecule has 0 unspecified atom stereocenters. The third-order valence-corrected chi connectivity index (χ3v) is 4.92. The van der Waals surface area contributed by atoms with Crippen molar-refractivity contribution in [1.29, 1.82) is 0 Å². The van der Waals surface area contributed by atoms with E-state index in [-0.39, 0.29) is 6.42 Å². The second-order valence-corrected chi connectivity index (χ2v) is 7.46. The Balaban J connectivity index is 2.10. The number of halogens is 2. The summed E-state index contributed by atoms with van der Waals surface area (Å²) in [5.74, 6) is -0.0897. The Morgan fingerprint density at radius 2 is 1.84 bits per heavy atom. The van der Waals surface area contributed by atoms with E-state index in [1.807, 2.05) is 12.1 Å². The Hall–Kier alpha value is -1.53. The van der Waals surface area contributed by atoms with E-state index in [9.17, 15) is 4.79 Å². The smallest absolute Gasteiger partial charge is 0.303 e. The topological polar surface area (TPSA) is 58.6 Å². The molecule has 4 nitrogen and oxygen atoms in total. The number of ether oxygens (including phenoxy) is 1. The van der Waals surface area contributed by atoms with Crippen LogP contribution < -0.4 is 10.1 Å². The lowest BCUT2D eigenvalue weighted by molar-refractivity contribution is -0.136. The first kappa shape index (κ1) is 19.8. The number of carbonyl (C=O) groups is 1. The summed E-state index contributed by atoms with van der Waals surface area (Å²) in [6.45, 7) is 5.47. The molecule has 6 heteroatoms. The fraction of sp³-hybridized carbons (Fsp3) is 0.316. The first-order chi connectivity index (χ1) is 11.9. The Labute approximate surface area is 164 Å². The zero-order valence-corrected chi connectivity index (χ0v) is 17.4. The number of carboxylic acid groups (broad SMARTS) is 1. The highest BCUT2D eigenvalue weighted by Crippen LogP contribution is 2.35. The number of rotatable bonds is 8. The van der Waals surface area contributed by atoms with E-state index in [2.05, 4.69) is 69.2 Å². The van der Waals surface area contributed by atoms with Crippen LogP contribution in [-0.2, 0) is 17.8 Å². The highest BCUT2D eigenvalue weighted by molar-refractivity contribution is 9.11. The summed E-state index contributed by atoms with van der Waals surface area (Å²) in [7, 11) is 0. The third kappa shape index (κ3) is 5.75. The molecule has 2 aromatic carbocycles. The summed E-state index contributed by atoms with van der Waals surface area (Å²) in [6.07, 6.45) is 0.590. The number of hydrogen-bond donors (Lipinski definition) is 2. The Bertz CT molecular complexity index is 739. The molecule has 0 bridgehead atoms. The van der Waals surface area contributed by atoms with Gasteiger partial charge >= 0.3 is 5.97 Å². The van der Waals surface area contributed by atoms with Gasteiger partial charge in [0.05, 0.1) is 8.95 Å². The molecule has 0 aliphatic heterocycles. The van der Waals surface area contributed by atoms with Gasteiger partial charge in [0.25, 0.3) is 0 Å². The first-order valence-electron chi connectivity index (χ1n) is 8.06. The molecule has 0 fully saturated rings. The van der Waals surface area contributed by atoms with Gasteiger partial charge < -0.3 is 15.2 Å². The molecule has 0 aliphatic rings. The van der Waals surface area contributed by atoms with Crippen molar-refractivity contribution in [2.75, 3.05) is 11.9 Å². The summed E-state index contributed by atoms with van der Waals surface area (Å²) in [5, 5.41) is 12.2. The van der Waals surface area contributed by atoms with Gasteiger partial charge in [-0.15, -0.1) is 0 Å². The predicted molar refractivity (Wildman–Crippen MR) is 107 cm³/mol. The zero-order chi connectivity index (χ0) is 18.4. The SMILES string of the molecule is CCNc1cc(COc2c(Br)cc(CCC(=O)O)cc2Br)ccc1C. The van der Waals surface area contributed by atoms with E-state index in [0.717, 1.165) is 32.3 Å². The average Bonchev–Trinajstić information content (AvgIpc) is 2.55. The first-order valence-corrected chi connectivity index (χ1v) is 9.65. The molecule has 0 spiro atoms. The molecule has 0 amide bonds. The molecule has 2 rings (SSSR count). The van der Waals surface area contributed by atoms with E-state index < -0.39 is 5.97 Å². The van der Waals surface area contributed by atoms with Gasteiger partial charge in [-0.3, -0.25) is 4.79 Å². The monoisotopic (exact) mass is 469 g/mol. The molecule has 2 N–H and O–H groups in total. The van der Waals surface area contributed by atoms with Crippen LogP contribution >= 0.6 is 31.9 Å². The molecule has 134 valence electrons. The second kappa shape index (κ2) is 9.25. The number of benzene rings is 2. The van der Waals surface area contributed by atoms with Crippen molar-refractivity contribution in [2.24, 2.45) is 0 Å². The van der Waals surface area contributed by atoms with Crippen molar-refractivity contribution in [3.8, 4) is 5.75 Å². The predicted octanol–water partition coefficient (Wildman–Crippen LogP) is 5.55. The van der Waals surface area contributed by atoms with Crippen molar-refractivity contribution in [2.45, 2.75) is 33.3 Å². The maximum absolute atomic E-state index is 10.7. The minimum Gasteiger partial charge on any atom is -0.487 e. The highest BCUT2D eigenvalue weighted by Gasteiger charge is 2.11. The van der Waals surface area contributed by atoms with Gasteiger partial charge in [0, 0.05) is 18.7 Å². The van der Waals surface area contributed by atoms with Crippen LogP contribution in [0.1, 0.15) is 30.0 Å². The summed E-state index contributed by atoms with van der Waals surface area (Å²) in [6, 6.07) is 10.0. The lowest BCUT2D eigenvalue weighted by atomic mass is 10.1. The summed E-state index contributed by atoms with van der Waals surface area (Å²) >= 11 is 7.03. The van der Waals surface area contributed by atoms with Crippen LogP contribution in [0.3, 0.4) is 0 Å². The number of nitrogens with one attached hydrogen (secondary N) is 1. The van der Waals surface area contributed by atoms with Gasteiger partial charge in [0.1, 0.15) is 12.4 Å². The molecule has 0 aliphatic carbocycles. The van der Waals surface area contributed by atoms with Crippen molar-refractivity contribution in [3.05, 3.63) is 56.0 Å². The molecule has 0 radical (unpaired) electrons. The average molecular weight is 471 g/mol. The van der Waals surface area contributed by atoms with Gasteiger partial charge in [0.15, 0.2) is 0 Å². The number of carboxylic acids is 1. The van der Waals surface area contributed by atoms with Crippen molar-refractivity contribution in [1.82, 2.24) is 0 Å². The quantitative estimate of drug-likeness (QED) is 0.531. The van der Waals surface area contributed by atoms with Gasteiger partial charge in [-0.2, -0.15) is 0 Å². The number of hydrogen-bond acceptors (Lipinski definition) is 3. The molecule has 0 saturated carbocycles. The van der Waals surface area contributed by atoms with E-state index in [1.165, 1.54) is 5.56 Å². The van der Waals surface area contributed by atoms with Crippen molar-refractivity contribution < 1.29 is 14.6 Å². The molecular formula is C19H21Br2NO3. The lowest BCUT2D eigenvalue weighted by Crippen LogP contribution is -2.02. The molecule has 0 atom stereocenters. The lowest BCUT2D eigenvalue weighted by Gasteiger charge is -2.14. The molecular weight excluding hydrogens is 450 g/mol. The van der Waals surface area contributed by atoms with Crippen LogP contribution in [-0.4, -0.2) is 17.6 Å². The van der Waals surface area contributed by atoms with Crippen molar-refractivity contribution >= 4 is 43.5 Å². The van der Waals surface area contributed by atoms with Gasteiger partial charge in [-0.25, -0.2) is 0 Å². The van der Waals surface area contributed by atoms with Gasteiger partial charge in [0.2, 0.25) is 0 Å². The van der Waals surface area contributed by atoms with Crippen molar-refractivity contribution in [3.63, 3.8) is 0 Å². The molecule has 2 aromatic rings. The molecule has 0 aromatic heterocycles. The van der Waals surface area contributed by atoms with Crippen LogP contribution in [0.4, 0.5) is 5.69 Å². The van der Waals surface area contributed by atoms with Crippen LogP contribution in [0, 0.1) is 6.92 Å². The maximum Gasteiger partial charge on any atom is 0.303 e. The Kier molecular flexibility index (Phi) is 7.32. The van der Waals surface area contributed by atoms with Crippen LogP contribution in [0.15, 0.2) is 39.3 Å². The fourth-order valence-electron chi connectivity index (χ4n) is 2.44. The van der Waals surface area contributed by atoms with E-state index in [1.54, 1.807) is 0 Å². The second-order valence-electron chi connectivity index (χ2n) is 5.75. The third-order valence-electron chi connectivity index (χ3n) is 3.74. The van der Waals surface area contributed by atoms with Crippen LogP contribution in [0.25, 0.3) is 0 Å².